The highest BCUT2D eigenvalue weighted by Gasteiger charge is 2.21. The lowest BCUT2D eigenvalue weighted by atomic mass is 10.3. The van der Waals surface area contributed by atoms with Gasteiger partial charge >= 0.3 is 0 Å². The van der Waals surface area contributed by atoms with E-state index in [-0.39, 0.29) is 23.8 Å². The molecule has 1 aromatic rings. The van der Waals surface area contributed by atoms with Crippen LogP contribution in [0.4, 0.5) is 4.39 Å². The van der Waals surface area contributed by atoms with Crippen molar-refractivity contribution in [1.29, 1.82) is 0 Å². The zero-order valence-corrected chi connectivity index (χ0v) is 13.3. The van der Waals surface area contributed by atoms with Gasteiger partial charge in [0.2, 0.25) is 10.0 Å². The van der Waals surface area contributed by atoms with Crippen LogP contribution in [0.15, 0.2) is 28.0 Å². The molecule has 0 fully saturated rings. The fourth-order valence-electron chi connectivity index (χ4n) is 1.33. The van der Waals surface area contributed by atoms with Crippen molar-refractivity contribution in [2.24, 2.45) is 5.73 Å². The molecule has 0 saturated carbocycles. The van der Waals surface area contributed by atoms with Crippen molar-refractivity contribution < 1.29 is 21.2 Å². The van der Waals surface area contributed by atoms with Crippen molar-refractivity contribution in [1.82, 2.24) is 4.72 Å². The Morgan fingerprint density at radius 1 is 1.30 bits per heavy atom. The van der Waals surface area contributed by atoms with Gasteiger partial charge < -0.3 is 5.73 Å². The third-order valence-electron chi connectivity index (χ3n) is 2.32. The lowest BCUT2D eigenvalue weighted by molar-refractivity contribution is 0.552. The maximum atomic E-state index is 13.6. The van der Waals surface area contributed by atoms with Gasteiger partial charge in [0.05, 0.1) is 4.90 Å². The number of rotatable bonds is 5. The van der Waals surface area contributed by atoms with Gasteiger partial charge in [-0.3, -0.25) is 0 Å². The zero-order valence-electron chi connectivity index (χ0n) is 10.8. The van der Waals surface area contributed by atoms with Gasteiger partial charge in [0, 0.05) is 18.8 Å². The maximum absolute atomic E-state index is 13.6. The minimum absolute atomic E-state index is 0. The first-order chi connectivity index (χ1) is 8.58. The Balaban J connectivity index is 0.00000361. The molecule has 0 radical (unpaired) electrons. The summed E-state index contributed by atoms with van der Waals surface area (Å²) in [5.74, 6) is -1.11. The van der Waals surface area contributed by atoms with Gasteiger partial charge in [-0.2, -0.15) is 0 Å². The molecular formula is C10H16ClFN2O4S2. The van der Waals surface area contributed by atoms with E-state index in [0.29, 0.717) is 6.07 Å². The molecule has 1 rings (SSSR count). The second-order valence-electron chi connectivity index (χ2n) is 4.12. The van der Waals surface area contributed by atoms with Crippen LogP contribution >= 0.6 is 12.4 Å². The maximum Gasteiger partial charge on any atom is 0.240 e. The summed E-state index contributed by atoms with van der Waals surface area (Å²) in [6.07, 6.45) is 0.842. The van der Waals surface area contributed by atoms with E-state index < -0.39 is 36.6 Å². The van der Waals surface area contributed by atoms with E-state index in [1.54, 1.807) is 6.92 Å². The number of nitrogens with one attached hydrogen (secondary N) is 1. The van der Waals surface area contributed by atoms with Crippen molar-refractivity contribution in [2.75, 3.05) is 12.8 Å². The first-order valence-corrected chi connectivity index (χ1v) is 8.67. The third-order valence-corrected chi connectivity index (χ3v) is 5.04. The van der Waals surface area contributed by atoms with Gasteiger partial charge in [-0.05, 0) is 25.1 Å². The van der Waals surface area contributed by atoms with Crippen LogP contribution in [0.5, 0.6) is 0 Å². The second-order valence-corrected chi connectivity index (χ2v) is 7.82. The Bertz CT molecular complexity index is 676. The summed E-state index contributed by atoms with van der Waals surface area (Å²) in [6.45, 7) is 1.64. The van der Waals surface area contributed by atoms with Crippen LogP contribution < -0.4 is 10.5 Å². The summed E-state index contributed by atoms with van der Waals surface area (Å²) in [6, 6.07) is 2.11. The SMILES string of the molecule is C[C@@H](CN)NS(=O)(=O)c1ccc(S(C)(=O)=O)c(F)c1.Cl. The summed E-state index contributed by atoms with van der Waals surface area (Å²) in [7, 11) is -7.65. The largest absolute Gasteiger partial charge is 0.329 e. The molecule has 0 aliphatic rings. The molecular weight excluding hydrogens is 331 g/mol. The third kappa shape index (κ3) is 4.67. The number of nitrogens with two attached hydrogens (primary N) is 1. The Kier molecular flexibility index (Phi) is 6.56. The Labute approximate surface area is 123 Å². The van der Waals surface area contributed by atoms with Gasteiger partial charge in [0.15, 0.2) is 9.84 Å². The average molecular weight is 347 g/mol. The van der Waals surface area contributed by atoms with Crippen molar-refractivity contribution in [3.8, 4) is 0 Å². The predicted octanol–water partition coefficient (Wildman–Crippen LogP) is 0.277. The first kappa shape index (κ1) is 19.3. The second kappa shape index (κ2) is 6.81. The molecule has 20 heavy (non-hydrogen) atoms. The van der Waals surface area contributed by atoms with Gasteiger partial charge in [-0.25, -0.2) is 25.9 Å². The molecule has 116 valence electrons. The number of benzene rings is 1. The molecule has 0 aromatic heterocycles. The van der Waals surface area contributed by atoms with Crippen LogP contribution in [0.3, 0.4) is 0 Å². The zero-order chi connectivity index (χ0) is 14.8. The van der Waals surface area contributed by atoms with Crippen molar-refractivity contribution in [3.63, 3.8) is 0 Å². The van der Waals surface area contributed by atoms with E-state index in [1.165, 1.54) is 0 Å². The molecule has 0 saturated heterocycles. The van der Waals surface area contributed by atoms with Crippen LogP contribution in [-0.2, 0) is 19.9 Å². The van der Waals surface area contributed by atoms with Gasteiger partial charge in [-0.1, -0.05) is 0 Å². The molecule has 0 bridgehead atoms. The lowest BCUT2D eigenvalue weighted by Crippen LogP contribution is -2.37. The minimum Gasteiger partial charge on any atom is -0.329 e. The molecule has 1 aromatic carbocycles. The highest BCUT2D eigenvalue weighted by molar-refractivity contribution is 7.90. The number of halogens is 2. The molecule has 0 spiro atoms. The molecule has 0 amide bonds. The van der Waals surface area contributed by atoms with Gasteiger partial charge in [0.25, 0.3) is 0 Å². The van der Waals surface area contributed by atoms with Crippen LogP contribution in [0.2, 0.25) is 0 Å². The van der Waals surface area contributed by atoms with E-state index >= 15 is 0 Å². The van der Waals surface area contributed by atoms with E-state index in [9.17, 15) is 21.2 Å². The first-order valence-electron chi connectivity index (χ1n) is 5.30. The van der Waals surface area contributed by atoms with Crippen LogP contribution in [0.25, 0.3) is 0 Å². The van der Waals surface area contributed by atoms with Crippen LogP contribution in [0.1, 0.15) is 6.92 Å². The quantitative estimate of drug-likeness (QED) is 0.796. The van der Waals surface area contributed by atoms with Gasteiger partial charge in [-0.15, -0.1) is 12.4 Å². The van der Waals surface area contributed by atoms with Crippen molar-refractivity contribution in [3.05, 3.63) is 24.0 Å². The number of hydrogen-bond acceptors (Lipinski definition) is 5. The fraction of sp³-hybridized carbons (Fsp3) is 0.400. The highest BCUT2D eigenvalue weighted by atomic mass is 35.5. The van der Waals surface area contributed by atoms with Crippen LogP contribution in [-0.4, -0.2) is 35.7 Å². The summed E-state index contributed by atoms with van der Waals surface area (Å²) in [4.78, 5) is -0.893. The van der Waals surface area contributed by atoms with Crippen molar-refractivity contribution in [2.45, 2.75) is 22.8 Å². The lowest BCUT2D eigenvalue weighted by Gasteiger charge is -2.12. The van der Waals surface area contributed by atoms with Gasteiger partial charge in [0.1, 0.15) is 10.7 Å². The average Bonchev–Trinajstić information content (AvgIpc) is 2.26. The molecule has 0 aliphatic heterocycles. The summed E-state index contributed by atoms with van der Waals surface area (Å²) >= 11 is 0. The number of sulfone groups is 1. The summed E-state index contributed by atoms with van der Waals surface area (Å²) in [5.41, 5.74) is 5.29. The topological polar surface area (TPSA) is 106 Å². The van der Waals surface area contributed by atoms with E-state index in [0.717, 1.165) is 18.4 Å². The molecule has 10 heteroatoms. The Morgan fingerprint density at radius 2 is 1.85 bits per heavy atom. The Morgan fingerprint density at radius 3 is 2.25 bits per heavy atom. The molecule has 1 atom stereocenters. The van der Waals surface area contributed by atoms with Crippen molar-refractivity contribution >= 4 is 32.3 Å². The fourth-order valence-corrected chi connectivity index (χ4v) is 3.33. The molecule has 3 N–H and O–H groups in total. The van der Waals surface area contributed by atoms with E-state index in [2.05, 4.69) is 4.72 Å². The van der Waals surface area contributed by atoms with E-state index in [4.69, 9.17) is 5.73 Å². The van der Waals surface area contributed by atoms with Crippen LogP contribution in [0, 0.1) is 5.82 Å². The minimum atomic E-state index is -3.92. The number of sulfonamides is 1. The normalized spacial score (nSPS) is 13.6. The predicted molar refractivity (Wildman–Crippen MR) is 75.6 cm³/mol. The monoisotopic (exact) mass is 346 g/mol. The summed E-state index contributed by atoms with van der Waals surface area (Å²) in [5, 5.41) is 0. The molecule has 0 heterocycles. The van der Waals surface area contributed by atoms with E-state index in [1.807, 2.05) is 0 Å². The highest BCUT2D eigenvalue weighted by Crippen LogP contribution is 2.19. The standard InChI is InChI=1S/C10H15FN2O4S2.ClH/c1-7(6-12)13-19(16,17)8-3-4-10(9(11)5-8)18(2,14)15;/h3-5,7,13H,6,12H2,1-2H3;1H/t7-;/m0./s1. The molecule has 0 aliphatic carbocycles. The Hall–Kier alpha value is -0.740. The molecule has 6 nitrogen and oxygen atoms in total. The molecule has 0 unspecified atom stereocenters. The smallest absolute Gasteiger partial charge is 0.240 e. The summed E-state index contributed by atoms with van der Waals surface area (Å²) < 4.78 is 61.9. The number of hydrogen-bond donors (Lipinski definition) is 2.